The smallest absolute Gasteiger partial charge is 0.104 e. The highest BCUT2D eigenvalue weighted by molar-refractivity contribution is 8.17. The normalized spacial score (nSPS) is 21.2. The third kappa shape index (κ3) is 3.97. The van der Waals surface area contributed by atoms with E-state index < -0.39 is 5.60 Å². The highest BCUT2D eigenvalue weighted by atomic mass is 32.2. The van der Waals surface area contributed by atoms with Gasteiger partial charge in [-0.1, -0.05) is 48.6 Å². The number of hydrogen-bond acceptors (Lipinski definition) is 3. The van der Waals surface area contributed by atoms with Gasteiger partial charge in [-0.15, -0.1) is 23.5 Å². The minimum Gasteiger partial charge on any atom is -0.384 e. The molecule has 1 aliphatic rings. The third-order valence-electron chi connectivity index (χ3n) is 3.74. The fraction of sp³-hybridized carbons (Fsp3) is 0.263. The molecule has 22 heavy (non-hydrogen) atoms. The first-order valence-electron chi connectivity index (χ1n) is 7.60. The average Bonchev–Trinajstić information content (AvgIpc) is 2.57. The van der Waals surface area contributed by atoms with E-state index in [-0.39, 0.29) is 4.58 Å². The lowest BCUT2D eigenvalue weighted by molar-refractivity contribution is 0.0920. The van der Waals surface area contributed by atoms with Crippen molar-refractivity contribution in [2.45, 2.75) is 39.2 Å². The average molecular weight is 329 g/mol. The van der Waals surface area contributed by atoms with Gasteiger partial charge in [-0.3, -0.25) is 0 Å². The van der Waals surface area contributed by atoms with E-state index in [1.807, 2.05) is 42.5 Å². The Balaban J connectivity index is 1.84. The third-order valence-corrected chi connectivity index (χ3v) is 6.65. The Hall–Kier alpha value is -1.16. The van der Waals surface area contributed by atoms with Crippen LogP contribution in [0, 0.1) is 0 Å². The van der Waals surface area contributed by atoms with E-state index >= 15 is 0 Å². The summed E-state index contributed by atoms with van der Waals surface area (Å²) in [6.45, 7) is 0. The second-order valence-corrected chi connectivity index (χ2v) is 8.13. The van der Waals surface area contributed by atoms with Gasteiger partial charge in [0.05, 0.1) is 4.58 Å². The lowest BCUT2D eigenvalue weighted by Crippen LogP contribution is -2.37. The first-order chi connectivity index (χ1) is 10.8. The molecule has 0 amide bonds. The van der Waals surface area contributed by atoms with E-state index in [0.717, 1.165) is 19.3 Å². The zero-order valence-corrected chi connectivity index (χ0v) is 14.0. The molecule has 1 unspecified atom stereocenters. The van der Waals surface area contributed by atoms with Gasteiger partial charge in [-0.2, -0.15) is 0 Å². The van der Waals surface area contributed by atoms with Crippen molar-refractivity contribution < 1.29 is 5.11 Å². The number of thioether (sulfide) groups is 2. The summed E-state index contributed by atoms with van der Waals surface area (Å²) in [6, 6.07) is 20.7. The standard InChI is InChI=1S/C19H20OS2/c20-19(14-8-3-9-15-19)18(21-16-10-4-1-5-11-16)22-17-12-6-2-7-13-17/h1-2,4-8,10-14,18,20H,3,9,15H2. The van der Waals surface area contributed by atoms with Gasteiger partial charge >= 0.3 is 0 Å². The van der Waals surface area contributed by atoms with Gasteiger partial charge in [-0.25, -0.2) is 0 Å². The summed E-state index contributed by atoms with van der Waals surface area (Å²) in [5.74, 6) is 0. The van der Waals surface area contributed by atoms with Crippen molar-refractivity contribution >= 4 is 23.5 Å². The fourth-order valence-corrected chi connectivity index (χ4v) is 5.33. The summed E-state index contributed by atoms with van der Waals surface area (Å²) < 4.78 is 0.0499. The van der Waals surface area contributed by atoms with E-state index in [0.29, 0.717) is 0 Å². The molecule has 0 aromatic heterocycles. The van der Waals surface area contributed by atoms with Gasteiger partial charge in [0, 0.05) is 9.79 Å². The minimum absolute atomic E-state index is 0.0499. The molecule has 0 fully saturated rings. The van der Waals surface area contributed by atoms with E-state index in [1.165, 1.54) is 9.79 Å². The Kier molecular flexibility index (Phi) is 5.29. The molecule has 0 saturated heterocycles. The van der Waals surface area contributed by atoms with Gasteiger partial charge in [0.1, 0.15) is 5.60 Å². The van der Waals surface area contributed by atoms with Crippen molar-refractivity contribution in [3.63, 3.8) is 0 Å². The summed E-state index contributed by atoms with van der Waals surface area (Å²) >= 11 is 3.50. The van der Waals surface area contributed by atoms with Crippen LogP contribution >= 0.6 is 23.5 Å². The fourth-order valence-electron chi connectivity index (χ4n) is 2.54. The van der Waals surface area contributed by atoms with Crippen LogP contribution < -0.4 is 0 Å². The first kappa shape index (κ1) is 15.7. The highest BCUT2D eigenvalue weighted by Gasteiger charge is 2.36. The van der Waals surface area contributed by atoms with Crippen molar-refractivity contribution in [3.05, 3.63) is 72.8 Å². The molecular formula is C19H20OS2. The highest BCUT2D eigenvalue weighted by Crippen LogP contribution is 2.45. The maximum absolute atomic E-state index is 11.1. The first-order valence-corrected chi connectivity index (χ1v) is 9.36. The van der Waals surface area contributed by atoms with E-state index in [9.17, 15) is 5.11 Å². The SMILES string of the molecule is OC1(C(Sc2ccccc2)Sc2ccccc2)C=CCCC1. The number of rotatable bonds is 5. The Bertz CT molecular complexity index is 570. The van der Waals surface area contributed by atoms with Gasteiger partial charge in [-0.05, 0) is 43.5 Å². The van der Waals surface area contributed by atoms with Crippen LogP contribution in [0.15, 0.2) is 82.6 Å². The molecule has 3 heteroatoms. The molecule has 114 valence electrons. The molecule has 2 aromatic rings. The largest absolute Gasteiger partial charge is 0.384 e. The molecular weight excluding hydrogens is 308 g/mol. The topological polar surface area (TPSA) is 20.2 Å². The molecule has 0 bridgehead atoms. The van der Waals surface area contributed by atoms with Crippen LogP contribution in [0.3, 0.4) is 0 Å². The lowest BCUT2D eigenvalue weighted by Gasteiger charge is -2.35. The summed E-state index contributed by atoms with van der Waals surface area (Å²) in [7, 11) is 0. The van der Waals surface area contributed by atoms with Crippen LogP contribution in [0.1, 0.15) is 19.3 Å². The molecule has 1 N–H and O–H groups in total. The molecule has 2 aromatic carbocycles. The number of hydrogen-bond donors (Lipinski definition) is 1. The van der Waals surface area contributed by atoms with Crippen molar-refractivity contribution in [2.24, 2.45) is 0 Å². The maximum Gasteiger partial charge on any atom is 0.104 e. The Morgan fingerprint density at radius 3 is 1.86 bits per heavy atom. The summed E-state index contributed by atoms with van der Waals surface area (Å²) in [5, 5.41) is 11.1. The van der Waals surface area contributed by atoms with Gasteiger partial charge < -0.3 is 5.11 Å². The monoisotopic (exact) mass is 328 g/mol. The predicted octanol–water partition coefficient (Wildman–Crippen LogP) is 5.37. The van der Waals surface area contributed by atoms with Gasteiger partial charge in [0.15, 0.2) is 0 Å². The molecule has 0 heterocycles. The van der Waals surface area contributed by atoms with Crippen LogP contribution in [0.4, 0.5) is 0 Å². The van der Waals surface area contributed by atoms with Crippen LogP contribution in [0.5, 0.6) is 0 Å². The zero-order chi connectivity index (χ0) is 15.3. The van der Waals surface area contributed by atoms with Crippen molar-refractivity contribution in [1.29, 1.82) is 0 Å². The van der Waals surface area contributed by atoms with E-state index in [1.54, 1.807) is 23.5 Å². The number of benzene rings is 2. The van der Waals surface area contributed by atoms with Crippen LogP contribution in [-0.2, 0) is 0 Å². The molecule has 3 rings (SSSR count). The van der Waals surface area contributed by atoms with Gasteiger partial charge in [0.25, 0.3) is 0 Å². The second kappa shape index (κ2) is 7.40. The molecule has 0 spiro atoms. The summed E-state index contributed by atoms with van der Waals surface area (Å²) in [5.41, 5.74) is -0.751. The van der Waals surface area contributed by atoms with Crippen LogP contribution in [0.25, 0.3) is 0 Å². The number of allylic oxidation sites excluding steroid dienone is 1. The predicted molar refractivity (Wildman–Crippen MR) is 96.3 cm³/mol. The van der Waals surface area contributed by atoms with Crippen LogP contribution in [0.2, 0.25) is 0 Å². The molecule has 1 atom stereocenters. The lowest BCUT2D eigenvalue weighted by atomic mass is 9.93. The van der Waals surface area contributed by atoms with Crippen LogP contribution in [-0.4, -0.2) is 15.3 Å². The molecule has 1 aliphatic carbocycles. The quantitative estimate of drug-likeness (QED) is 0.453. The Morgan fingerprint density at radius 2 is 1.41 bits per heavy atom. The minimum atomic E-state index is -0.751. The zero-order valence-electron chi connectivity index (χ0n) is 12.4. The molecule has 0 saturated carbocycles. The maximum atomic E-state index is 11.1. The second-order valence-electron chi connectivity index (χ2n) is 5.48. The van der Waals surface area contributed by atoms with Crippen molar-refractivity contribution in [1.82, 2.24) is 0 Å². The summed E-state index contributed by atoms with van der Waals surface area (Å²) in [6.07, 6.45) is 7.07. The molecule has 1 nitrogen and oxygen atoms in total. The van der Waals surface area contributed by atoms with E-state index in [4.69, 9.17) is 0 Å². The Labute approximate surface area is 140 Å². The summed E-state index contributed by atoms with van der Waals surface area (Å²) in [4.78, 5) is 2.40. The molecule has 0 radical (unpaired) electrons. The number of aliphatic hydroxyl groups is 1. The van der Waals surface area contributed by atoms with Gasteiger partial charge in [0.2, 0.25) is 0 Å². The van der Waals surface area contributed by atoms with Crippen molar-refractivity contribution in [3.8, 4) is 0 Å². The Morgan fingerprint density at radius 1 is 0.864 bits per heavy atom. The van der Waals surface area contributed by atoms with E-state index in [2.05, 4.69) is 30.3 Å². The molecule has 0 aliphatic heterocycles. The van der Waals surface area contributed by atoms with Crippen molar-refractivity contribution in [2.75, 3.05) is 0 Å².